The zero-order chi connectivity index (χ0) is 24.6. The number of rotatable bonds is 6. The zero-order valence-corrected chi connectivity index (χ0v) is 17.9. The number of nitrogens with two attached hydrogens (primary N) is 4. The third-order valence-corrected chi connectivity index (χ3v) is 6.45. The van der Waals surface area contributed by atoms with Gasteiger partial charge in [0.1, 0.15) is 67.1 Å². The Balaban J connectivity index is 1.72. The fraction of sp³-hybridized carbons (Fsp3) is 1.00. The Morgan fingerprint density at radius 2 is 0.939 bits per heavy atom. The first-order chi connectivity index (χ1) is 15.5. The average molecular weight is 485 g/mol. The summed E-state index contributed by atoms with van der Waals surface area (Å²) < 4.78 is 22.2. The molecule has 1 aliphatic carbocycles. The van der Waals surface area contributed by atoms with Gasteiger partial charge >= 0.3 is 0 Å². The van der Waals surface area contributed by atoms with E-state index >= 15 is 0 Å². The molecule has 1 unspecified atom stereocenters. The van der Waals surface area contributed by atoms with E-state index in [1.54, 1.807) is 0 Å². The molecule has 15 heteroatoms. The minimum atomic E-state index is -1.66. The summed E-state index contributed by atoms with van der Waals surface area (Å²) in [5, 5.41) is 71.4. The molecule has 0 radical (unpaired) electrons. The molecule has 2 aliphatic heterocycles. The van der Waals surface area contributed by atoms with Gasteiger partial charge in [0, 0.05) is 25.2 Å². The van der Waals surface area contributed by atoms with Crippen LogP contribution >= 0.6 is 0 Å². The molecule has 0 amide bonds. The Labute approximate surface area is 189 Å². The van der Waals surface area contributed by atoms with Crippen LogP contribution in [-0.2, 0) is 18.9 Å². The number of hydrogen-bond acceptors (Lipinski definition) is 15. The van der Waals surface area contributed by atoms with Crippen LogP contribution in [0.25, 0.3) is 0 Å². The van der Waals surface area contributed by atoms with E-state index in [1.807, 2.05) is 0 Å². The summed E-state index contributed by atoms with van der Waals surface area (Å²) in [6.45, 7) is -0.345. The molecule has 3 rings (SSSR count). The van der Waals surface area contributed by atoms with Gasteiger partial charge < -0.3 is 77.6 Å². The van der Waals surface area contributed by atoms with E-state index in [0.717, 1.165) is 0 Å². The maximum Gasteiger partial charge on any atom is 0.187 e. The molecule has 0 spiro atoms. The van der Waals surface area contributed by atoms with Crippen LogP contribution in [0.3, 0.4) is 0 Å². The molecule has 0 aromatic rings. The molecule has 15 nitrogen and oxygen atoms in total. The van der Waals surface area contributed by atoms with Crippen LogP contribution in [0.1, 0.15) is 6.42 Å². The summed E-state index contributed by atoms with van der Waals surface area (Å²) in [7, 11) is 0. The Kier molecular flexibility index (Phi) is 8.99. The van der Waals surface area contributed by atoms with Crippen LogP contribution in [-0.4, -0.2) is 141 Å². The van der Waals surface area contributed by atoms with Gasteiger partial charge in [-0.05, 0) is 6.42 Å². The molecule has 2 saturated heterocycles. The highest BCUT2D eigenvalue weighted by atomic mass is 16.7. The van der Waals surface area contributed by atoms with Crippen molar-refractivity contribution in [3.8, 4) is 0 Å². The number of hydrogen-bond donors (Lipinski definition) is 11. The topological polar surface area (TPSA) is 283 Å². The minimum Gasteiger partial charge on any atom is -0.388 e. The average Bonchev–Trinajstić information content (AvgIpc) is 2.79. The highest BCUT2D eigenvalue weighted by Gasteiger charge is 2.51. The van der Waals surface area contributed by atoms with Crippen LogP contribution in [0, 0.1) is 0 Å². The normalized spacial score (nSPS) is 53.7. The number of aliphatic hydroxyl groups is 7. The van der Waals surface area contributed by atoms with Crippen LogP contribution < -0.4 is 22.9 Å². The Morgan fingerprint density at radius 1 is 0.576 bits per heavy atom. The third kappa shape index (κ3) is 5.32. The highest BCUT2D eigenvalue weighted by Crippen LogP contribution is 2.31. The first-order valence-electron chi connectivity index (χ1n) is 10.8. The van der Waals surface area contributed by atoms with Crippen molar-refractivity contribution in [2.24, 2.45) is 22.9 Å². The van der Waals surface area contributed by atoms with Gasteiger partial charge in [0.2, 0.25) is 0 Å². The molecule has 3 fully saturated rings. The second-order valence-electron chi connectivity index (χ2n) is 8.76. The fourth-order valence-corrected chi connectivity index (χ4v) is 4.40. The standard InChI is InChI=1S/C18H36N4O11/c19-2-6-8(23)10(25)12(27)17(30-6)32-15-4(21)1-5(22)16(14(15)29)33-18-13(28)11(26)9(24)7(3-20)31-18/h4-18,23-29H,1-3,19-22H2/t4-,5+,6-,7-,8-,9-,10+,11+,12-,13-,14?,15+,16-,17-,18-/m0/s1. The van der Waals surface area contributed by atoms with Gasteiger partial charge in [0.15, 0.2) is 12.6 Å². The predicted octanol–water partition coefficient (Wildman–Crippen LogP) is -7.29. The Bertz CT molecular complexity index is 584. The van der Waals surface area contributed by atoms with Crippen molar-refractivity contribution in [2.75, 3.05) is 13.1 Å². The van der Waals surface area contributed by atoms with E-state index in [-0.39, 0.29) is 19.5 Å². The van der Waals surface area contributed by atoms with Crippen molar-refractivity contribution in [3.05, 3.63) is 0 Å². The number of ether oxygens (including phenoxy) is 4. The lowest BCUT2D eigenvalue weighted by Crippen LogP contribution is -2.68. The molecule has 3 aliphatic rings. The minimum absolute atomic E-state index is 0.0784. The van der Waals surface area contributed by atoms with Crippen LogP contribution in [0.4, 0.5) is 0 Å². The van der Waals surface area contributed by atoms with E-state index in [4.69, 9.17) is 41.9 Å². The van der Waals surface area contributed by atoms with Gasteiger partial charge in [0.05, 0.1) is 0 Å². The van der Waals surface area contributed by atoms with Crippen molar-refractivity contribution in [1.29, 1.82) is 0 Å². The van der Waals surface area contributed by atoms with Crippen molar-refractivity contribution in [1.82, 2.24) is 0 Å². The first kappa shape index (κ1) is 27.0. The number of aliphatic hydroxyl groups excluding tert-OH is 7. The van der Waals surface area contributed by atoms with Gasteiger partial charge in [-0.25, -0.2) is 0 Å². The van der Waals surface area contributed by atoms with Crippen LogP contribution in [0.15, 0.2) is 0 Å². The van der Waals surface area contributed by atoms with Gasteiger partial charge in [-0.15, -0.1) is 0 Å². The molecular formula is C18H36N4O11. The monoisotopic (exact) mass is 484 g/mol. The quantitative estimate of drug-likeness (QED) is 0.167. The van der Waals surface area contributed by atoms with E-state index in [9.17, 15) is 35.7 Å². The molecule has 0 aromatic carbocycles. The summed E-state index contributed by atoms with van der Waals surface area (Å²) in [6.07, 6.45) is -18.3. The molecule has 15 atom stereocenters. The maximum absolute atomic E-state index is 10.9. The molecule has 2 heterocycles. The van der Waals surface area contributed by atoms with Crippen molar-refractivity contribution in [3.63, 3.8) is 0 Å². The van der Waals surface area contributed by atoms with E-state index in [1.165, 1.54) is 0 Å². The van der Waals surface area contributed by atoms with Gasteiger partial charge in [-0.1, -0.05) is 0 Å². The van der Waals surface area contributed by atoms with Crippen LogP contribution in [0.5, 0.6) is 0 Å². The van der Waals surface area contributed by atoms with Gasteiger partial charge in [0.25, 0.3) is 0 Å². The molecule has 33 heavy (non-hydrogen) atoms. The largest absolute Gasteiger partial charge is 0.388 e. The molecule has 15 N–H and O–H groups in total. The second-order valence-corrected chi connectivity index (χ2v) is 8.76. The van der Waals surface area contributed by atoms with Gasteiger partial charge in [-0.2, -0.15) is 0 Å². The van der Waals surface area contributed by atoms with E-state index < -0.39 is 91.8 Å². The van der Waals surface area contributed by atoms with Gasteiger partial charge in [-0.3, -0.25) is 0 Å². The lowest BCUT2D eigenvalue weighted by Gasteiger charge is -2.48. The summed E-state index contributed by atoms with van der Waals surface area (Å²) in [5.41, 5.74) is 23.2. The fourth-order valence-electron chi connectivity index (χ4n) is 4.40. The molecule has 0 aromatic heterocycles. The highest BCUT2D eigenvalue weighted by molar-refractivity contribution is 5.01. The summed E-state index contributed by atoms with van der Waals surface area (Å²) in [6, 6.07) is -1.68. The summed E-state index contributed by atoms with van der Waals surface area (Å²) >= 11 is 0. The predicted molar refractivity (Wildman–Crippen MR) is 108 cm³/mol. The van der Waals surface area contributed by atoms with Crippen LogP contribution in [0.2, 0.25) is 0 Å². The van der Waals surface area contributed by atoms with Crippen molar-refractivity contribution in [2.45, 2.75) is 98.2 Å². The Hall–Kier alpha value is -0.600. The van der Waals surface area contributed by atoms with Crippen molar-refractivity contribution < 1.29 is 54.7 Å². The lowest BCUT2D eigenvalue weighted by molar-refractivity contribution is -0.336. The maximum atomic E-state index is 10.9. The first-order valence-corrected chi connectivity index (χ1v) is 10.8. The zero-order valence-electron chi connectivity index (χ0n) is 17.9. The summed E-state index contributed by atoms with van der Waals surface area (Å²) in [4.78, 5) is 0. The second kappa shape index (κ2) is 11.0. The SMILES string of the molecule is NC[C@@H]1O[C@@H](O[C@@H]2C(O)[C@H](O[C@@H]3O[C@@H](CN)[C@H](O)[C@@H](O)[C@@H]3O)[C@@H](N)C[C@H]2N)[C@@H](O)[C@H](O)[C@H]1O. The molecule has 1 saturated carbocycles. The smallest absolute Gasteiger partial charge is 0.187 e. The molecule has 194 valence electrons. The third-order valence-electron chi connectivity index (χ3n) is 6.45. The Morgan fingerprint density at radius 3 is 1.27 bits per heavy atom. The lowest BCUT2D eigenvalue weighted by atomic mass is 9.84. The van der Waals surface area contributed by atoms with E-state index in [2.05, 4.69) is 0 Å². The summed E-state index contributed by atoms with van der Waals surface area (Å²) in [5.74, 6) is 0. The molecule has 0 bridgehead atoms. The molecular weight excluding hydrogens is 448 g/mol. The van der Waals surface area contributed by atoms with Crippen molar-refractivity contribution >= 4 is 0 Å². The van der Waals surface area contributed by atoms with E-state index in [0.29, 0.717) is 0 Å².